The highest BCUT2D eigenvalue weighted by atomic mass is 16.2. The monoisotopic (exact) mass is 371 g/mol. The number of fused-ring (bicyclic) bond motifs is 1. The van der Waals surface area contributed by atoms with Gasteiger partial charge in [-0.15, -0.1) is 0 Å². The smallest absolute Gasteiger partial charge is 0.223 e. The molecule has 1 aromatic rings. The molecule has 1 amide bonds. The summed E-state index contributed by atoms with van der Waals surface area (Å²) in [5.74, 6) is 0.811. The summed E-state index contributed by atoms with van der Waals surface area (Å²) in [4.78, 5) is 30.7. The number of rotatable bonds is 7. The molecule has 0 aromatic carbocycles. The van der Waals surface area contributed by atoms with Crippen molar-refractivity contribution in [1.29, 1.82) is 0 Å². The summed E-state index contributed by atoms with van der Waals surface area (Å²) >= 11 is 0. The van der Waals surface area contributed by atoms with E-state index in [0.29, 0.717) is 19.0 Å². The maximum Gasteiger partial charge on any atom is 0.223 e. The van der Waals surface area contributed by atoms with E-state index in [0.717, 1.165) is 50.9 Å². The zero-order valence-corrected chi connectivity index (χ0v) is 16.8. The van der Waals surface area contributed by atoms with E-state index in [1.807, 2.05) is 0 Å². The molecule has 5 nitrogen and oxygen atoms in total. The lowest BCUT2D eigenvalue weighted by molar-refractivity contribution is -0.126. The van der Waals surface area contributed by atoms with Gasteiger partial charge in [0, 0.05) is 29.8 Å². The van der Waals surface area contributed by atoms with Crippen LogP contribution in [0, 0.1) is 5.92 Å². The van der Waals surface area contributed by atoms with Crippen molar-refractivity contribution in [3.05, 3.63) is 29.1 Å². The van der Waals surface area contributed by atoms with Crippen molar-refractivity contribution >= 4 is 11.7 Å². The van der Waals surface area contributed by atoms with E-state index in [1.165, 1.54) is 24.1 Å². The van der Waals surface area contributed by atoms with Crippen LogP contribution in [0.2, 0.25) is 0 Å². The summed E-state index contributed by atoms with van der Waals surface area (Å²) in [5, 5.41) is 3.12. The van der Waals surface area contributed by atoms with Gasteiger partial charge in [-0.2, -0.15) is 0 Å². The van der Waals surface area contributed by atoms with Crippen molar-refractivity contribution in [2.45, 2.75) is 64.7 Å². The van der Waals surface area contributed by atoms with Gasteiger partial charge in [0.25, 0.3) is 0 Å². The number of Topliss-reactive ketones (excluding diaryl/α,β-unsaturated/α-hetero) is 1. The number of nitrogens with zero attached hydrogens (tertiary/aromatic N) is 2. The maximum absolute atomic E-state index is 12.4. The Bertz CT molecular complexity index is 666. The highest BCUT2D eigenvalue weighted by Gasteiger charge is 2.25. The standard InChI is InChI=1S/C22H33N3O2/c1-16(20-8-7-18-5-3-4-6-21(18)24-20)9-12-23-22(27)19-10-13-25(14-11-19)15-17(2)26/h7-8,16,19H,3-6,9-15H2,1-2H3,(H,23,27). The summed E-state index contributed by atoms with van der Waals surface area (Å²) in [6, 6.07) is 4.42. The normalized spacial score (nSPS) is 19.3. The van der Waals surface area contributed by atoms with Gasteiger partial charge in [-0.05, 0) is 76.6 Å². The lowest BCUT2D eigenvalue weighted by atomic mass is 9.93. The highest BCUT2D eigenvalue weighted by Crippen LogP contribution is 2.24. The summed E-state index contributed by atoms with van der Waals surface area (Å²) in [7, 11) is 0. The van der Waals surface area contributed by atoms with Crippen LogP contribution < -0.4 is 5.32 Å². The molecular formula is C22H33N3O2. The van der Waals surface area contributed by atoms with E-state index in [9.17, 15) is 9.59 Å². The highest BCUT2D eigenvalue weighted by molar-refractivity contribution is 5.79. The molecule has 0 spiro atoms. The Kier molecular flexibility index (Phi) is 7.00. The number of likely N-dealkylation sites (tertiary alicyclic amines) is 1. The van der Waals surface area contributed by atoms with E-state index >= 15 is 0 Å². The van der Waals surface area contributed by atoms with Gasteiger partial charge in [0.2, 0.25) is 5.91 Å². The number of aromatic nitrogens is 1. The van der Waals surface area contributed by atoms with Crippen molar-refractivity contribution in [2.24, 2.45) is 5.92 Å². The Morgan fingerprint density at radius 2 is 1.96 bits per heavy atom. The maximum atomic E-state index is 12.4. The second kappa shape index (κ2) is 9.45. The molecule has 0 saturated carbocycles. The van der Waals surface area contributed by atoms with E-state index in [1.54, 1.807) is 6.92 Å². The van der Waals surface area contributed by atoms with Crippen molar-refractivity contribution in [3.8, 4) is 0 Å². The predicted molar refractivity (Wildman–Crippen MR) is 107 cm³/mol. The van der Waals surface area contributed by atoms with Gasteiger partial charge < -0.3 is 5.32 Å². The number of nitrogens with one attached hydrogen (secondary N) is 1. The average Bonchev–Trinajstić information content (AvgIpc) is 2.67. The lowest BCUT2D eigenvalue weighted by Gasteiger charge is -2.30. The largest absolute Gasteiger partial charge is 0.356 e. The zero-order chi connectivity index (χ0) is 19.2. The van der Waals surface area contributed by atoms with Crippen LogP contribution in [0.5, 0.6) is 0 Å². The first-order valence-corrected chi connectivity index (χ1v) is 10.5. The number of amides is 1. The van der Waals surface area contributed by atoms with Crippen LogP contribution in [0.4, 0.5) is 0 Å². The third-order valence-electron chi connectivity index (χ3n) is 5.99. The Balaban J connectivity index is 1.40. The first kappa shape index (κ1) is 20.0. The molecule has 2 aliphatic rings. The van der Waals surface area contributed by atoms with Crippen molar-refractivity contribution in [3.63, 3.8) is 0 Å². The number of piperidine rings is 1. The van der Waals surface area contributed by atoms with Crippen LogP contribution in [0.1, 0.15) is 68.8 Å². The minimum Gasteiger partial charge on any atom is -0.356 e. The van der Waals surface area contributed by atoms with Gasteiger partial charge in [-0.3, -0.25) is 19.5 Å². The van der Waals surface area contributed by atoms with Crippen molar-refractivity contribution in [2.75, 3.05) is 26.2 Å². The fourth-order valence-electron chi connectivity index (χ4n) is 4.25. The predicted octanol–water partition coefficient (Wildman–Crippen LogP) is 2.87. The minimum atomic E-state index is 0.0883. The number of aryl methyl sites for hydroxylation is 2. The Morgan fingerprint density at radius 1 is 1.22 bits per heavy atom. The Labute approximate surface area is 162 Å². The molecule has 1 fully saturated rings. The van der Waals surface area contributed by atoms with E-state index in [4.69, 9.17) is 4.98 Å². The molecule has 1 saturated heterocycles. The summed E-state index contributed by atoms with van der Waals surface area (Å²) in [6.07, 6.45) is 7.42. The molecule has 1 unspecified atom stereocenters. The Hall–Kier alpha value is -1.75. The van der Waals surface area contributed by atoms with Crippen LogP contribution in [0.25, 0.3) is 0 Å². The second-order valence-electron chi connectivity index (χ2n) is 8.28. The van der Waals surface area contributed by atoms with Gasteiger partial charge in [0.15, 0.2) is 0 Å². The fourth-order valence-corrected chi connectivity index (χ4v) is 4.25. The van der Waals surface area contributed by atoms with Crippen LogP contribution in [-0.2, 0) is 22.4 Å². The summed E-state index contributed by atoms with van der Waals surface area (Å²) in [6.45, 7) is 6.72. The lowest BCUT2D eigenvalue weighted by Crippen LogP contribution is -2.42. The molecule has 1 aromatic heterocycles. The van der Waals surface area contributed by atoms with Gasteiger partial charge in [-0.25, -0.2) is 0 Å². The zero-order valence-electron chi connectivity index (χ0n) is 16.8. The molecule has 1 atom stereocenters. The molecule has 27 heavy (non-hydrogen) atoms. The molecule has 1 aliphatic carbocycles. The SMILES string of the molecule is CC(=O)CN1CCC(C(=O)NCCC(C)c2ccc3c(n2)CCCC3)CC1. The quantitative estimate of drug-likeness (QED) is 0.801. The van der Waals surface area contributed by atoms with Crippen LogP contribution in [0.15, 0.2) is 12.1 Å². The molecule has 1 N–H and O–H groups in total. The minimum absolute atomic E-state index is 0.0883. The number of hydrogen-bond donors (Lipinski definition) is 1. The molecule has 0 radical (unpaired) electrons. The molecule has 148 valence electrons. The number of carbonyl (C=O) groups excluding carboxylic acids is 2. The summed E-state index contributed by atoms with van der Waals surface area (Å²) in [5.41, 5.74) is 3.86. The van der Waals surface area contributed by atoms with E-state index in [2.05, 4.69) is 29.3 Å². The van der Waals surface area contributed by atoms with Crippen LogP contribution >= 0.6 is 0 Å². The van der Waals surface area contributed by atoms with Crippen LogP contribution in [-0.4, -0.2) is 47.8 Å². The average molecular weight is 372 g/mol. The van der Waals surface area contributed by atoms with Gasteiger partial charge in [-0.1, -0.05) is 13.0 Å². The topological polar surface area (TPSA) is 62.3 Å². The third kappa shape index (κ3) is 5.61. The van der Waals surface area contributed by atoms with Crippen molar-refractivity contribution < 1.29 is 9.59 Å². The first-order valence-electron chi connectivity index (χ1n) is 10.5. The molecule has 5 heteroatoms. The molecule has 1 aliphatic heterocycles. The van der Waals surface area contributed by atoms with Gasteiger partial charge >= 0.3 is 0 Å². The third-order valence-corrected chi connectivity index (χ3v) is 5.99. The molecule has 2 heterocycles. The van der Waals surface area contributed by atoms with E-state index < -0.39 is 0 Å². The molecule has 3 rings (SSSR count). The number of ketones is 1. The number of carbonyl (C=O) groups is 2. The van der Waals surface area contributed by atoms with Crippen molar-refractivity contribution in [1.82, 2.24) is 15.2 Å². The van der Waals surface area contributed by atoms with E-state index in [-0.39, 0.29) is 17.6 Å². The van der Waals surface area contributed by atoms with Gasteiger partial charge in [0.1, 0.15) is 5.78 Å². The van der Waals surface area contributed by atoms with Gasteiger partial charge in [0.05, 0.1) is 6.54 Å². The fraction of sp³-hybridized carbons (Fsp3) is 0.682. The second-order valence-corrected chi connectivity index (χ2v) is 8.28. The van der Waals surface area contributed by atoms with Crippen LogP contribution in [0.3, 0.4) is 0 Å². The number of pyridine rings is 1. The summed E-state index contributed by atoms with van der Waals surface area (Å²) < 4.78 is 0. The Morgan fingerprint density at radius 3 is 2.70 bits per heavy atom. The first-order chi connectivity index (χ1) is 13.0. The molecular weight excluding hydrogens is 338 g/mol. The molecule has 0 bridgehead atoms. The number of hydrogen-bond acceptors (Lipinski definition) is 4.